The lowest BCUT2D eigenvalue weighted by Gasteiger charge is -2.25. The number of nitrogens with one attached hydrogen (secondary N) is 1. The number of hydrogen-bond donors (Lipinski definition) is 1. The summed E-state index contributed by atoms with van der Waals surface area (Å²) in [6.45, 7) is 2.75. The highest BCUT2D eigenvalue weighted by molar-refractivity contribution is 7.89. The summed E-state index contributed by atoms with van der Waals surface area (Å²) in [7, 11) is -3.50. The molecule has 1 unspecified atom stereocenters. The Labute approximate surface area is 169 Å². The lowest BCUT2D eigenvalue weighted by Crippen LogP contribution is -2.35. The first-order valence-electron chi connectivity index (χ1n) is 9.61. The number of sulfonamides is 1. The lowest BCUT2D eigenvalue weighted by atomic mass is 10.1. The zero-order chi connectivity index (χ0) is 21.0. The summed E-state index contributed by atoms with van der Waals surface area (Å²) in [4.78, 5) is 12.5. The zero-order valence-electron chi connectivity index (χ0n) is 16.2. The van der Waals surface area contributed by atoms with Crippen LogP contribution in [0.1, 0.15) is 43.4 Å². The first kappa shape index (κ1) is 21.4. The number of halogens is 2. The van der Waals surface area contributed by atoms with Crippen LogP contribution in [0.3, 0.4) is 0 Å². The van der Waals surface area contributed by atoms with E-state index < -0.39 is 27.7 Å². The fourth-order valence-corrected chi connectivity index (χ4v) is 4.89. The minimum Gasteiger partial charge on any atom is -0.349 e. The zero-order valence-corrected chi connectivity index (χ0v) is 17.0. The minimum atomic E-state index is -3.50. The van der Waals surface area contributed by atoms with Crippen molar-refractivity contribution in [2.45, 2.75) is 43.5 Å². The van der Waals surface area contributed by atoms with Crippen LogP contribution in [0.4, 0.5) is 8.78 Å². The Morgan fingerprint density at radius 2 is 1.69 bits per heavy atom. The van der Waals surface area contributed by atoms with Gasteiger partial charge in [-0.1, -0.05) is 24.6 Å². The monoisotopic (exact) mass is 422 g/mol. The molecule has 0 spiro atoms. The Bertz CT molecular complexity index is 972. The summed E-state index contributed by atoms with van der Waals surface area (Å²) in [6, 6.07) is 9.30. The van der Waals surface area contributed by atoms with Gasteiger partial charge < -0.3 is 5.32 Å². The maximum Gasteiger partial charge on any atom is 0.243 e. The average molecular weight is 422 g/mol. The van der Waals surface area contributed by atoms with Crippen molar-refractivity contribution in [1.82, 2.24) is 9.62 Å². The molecular weight excluding hydrogens is 398 g/mol. The van der Waals surface area contributed by atoms with Crippen LogP contribution < -0.4 is 5.32 Å². The van der Waals surface area contributed by atoms with E-state index in [9.17, 15) is 22.0 Å². The SMILES string of the molecule is CC(NC(=O)Cc1ccc(S(=O)(=O)N2CCCCC2)cc1)c1ccc(F)c(F)c1. The number of piperidine rings is 1. The van der Waals surface area contributed by atoms with Gasteiger partial charge in [0.15, 0.2) is 11.6 Å². The van der Waals surface area contributed by atoms with Gasteiger partial charge in [0.2, 0.25) is 15.9 Å². The Hall–Kier alpha value is -2.32. The summed E-state index contributed by atoms with van der Waals surface area (Å²) in [5, 5.41) is 2.73. The highest BCUT2D eigenvalue weighted by atomic mass is 32.2. The molecule has 29 heavy (non-hydrogen) atoms. The molecule has 3 rings (SSSR count). The summed E-state index contributed by atoms with van der Waals surface area (Å²) in [5.41, 5.74) is 1.12. The van der Waals surface area contributed by atoms with E-state index in [0.29, 0.717) is 24.2 Å². The predicted molar refractivity (Wildman–Crippen MR) is 106 cm³/mol. The van der Waals surface area contributed by atoms with Gasteiger partial charge in [0.1, 0.15) is 0 Å². The normalized spacial score (nSPS) is 16.4. The van der Waals surface area contributed by atoms with Gasteiger partial charge in [0.05, 0.1) is 17.4 Å². The molecule has 156 valence electrons. The Morgan fingerprint density at radius 1 is 1.03 bits per heavy atom. The van der Waals surface area contributed by atoms with Crippen molar-refractivity contribution in [2.75, 3.05) is 13.1 Å². The van der Waals surface area contributed by atoms with Crippen LogP contribution in [-0.2, 0) is 21.2 Å². The molecule has 1 N–H and O–H groups in total. The Morgan fingerprint density at radius 3 is 2.31 bits per heavy atom. The summed E-state index contributed by atoms with van der Waals surface area (Å²) in [6.07, 6.45) is 2.84. The highest BCUT2D eigenvalue weighted by Crippen LogP contribution is 2.21. The molecule has 0 radical (unpaired) electrons. The molecule has 2 aromatic rings. The van der Waals surface area contributed by atoms with Crippen molar-refractivity contribution >= 4 is 15.9 Å². The van der Waals surface area contributed by atoms with Crippen molar-refractivity contribution in [3.05, 3.63) is 65.2 Å². The molecule has 1 amide bonds. The van der Waals surface area contributed by atoms with Gasteiger partial charge in [-0.2, -0.15) is 4.31 Å². The van der Waals surface area contributed by atoms with Crippen molar-refractivity contribution in [2.24, 2.45) is 0 Å². The van der Waals surface area contributed by atoms with Crippen molar-refractivity contribution in [3.63, 3.8) is 0 Å². The molecule has 2 aromatic carbocycles. The molecule has 0 aliphatic carbocycles. The largest absolute Gasteiger partial charge is 0.349 e. The topological polar surface area (TPSA) is 66.5 Å². The molecule has 8 heteroatoms. The van der Waals surface area contributed by atoms with Gasteiger partial charge in [0.25, 0.3) is 0 Å². The van der Waals surface area contributed by atoms with Crippen LogP contribution in [0.5, 0.6) is 0 Å². The van der Waals surface area contributed by atoms with Crippen LogP contribution in [0.15, 0.2) is 47.4 Å². The van der Waals surface area contributed by atoms with E-state index in [1.807, 2.05) is 0 Å². The molecule has 1 aliphatic rings. The van der Waals surface area contributed by atoms with Gasteiger partial charge in [-0.15, -0.1) is 0 Å². The molecule has 1 saturated heterocycles. The molecule has 0 saturated carbocycles. The Kier molecular flexibility index (Phi) is 6.64. The third-order valence-corrected chi connectivity index (χ3v) is 6.97. The van der Waals surface area contributed by atoms with Crippen LogP contribution in [0, 0.1) is 11.6 Å². The van der Waals surface area contributed by atoms with Crippen LogP contribution >= 0.6 is 0 Å². The third-order valence-electron chi connectivity index (χ3n) is 5.06. The molecule has 1 atom stereocenters. The second kappa shape index (κ2) is 9.00. The number of benzene rings is 2. The standard InChI is InChI=1S/C21H24F2N2O3S/c1-15(17-7-10-19(22)20(23)14-17)24-21(26)13-16-5-8-18(9-6-16)29(27,28)25-11-3-2-4-12-25/h5-10,14-15H,2-4,11-13H2,1H3,(H,24,26). The van der Waals surface area contributed by atoms with Crippen molar-refractivity contribution in [3.8, 4) is 0 Å². The second-order valence-electron chi connectivity index (χ2n) is 7.25. The van der Waals surface area contributed by atoms with E-state index in [1.54, 1.807) is 19.1 Å². The lowest BCUT2D eigenvalue weighted by molar-refractivity contribution is -0.121. The first-order chi connectivity index (χ1) is 13.8. The molecule has 5 nitrogen and oxygen atoms in total. The van der Waals surface area contributed by atoms with E-state index in [4.69, 9.17) is 0 Å². The summed E-state index contributed by atoms with van der Waals surface area (Å²) in [5.74, 6) is -2.20. The average Bonchev–Trinajstić information content (AvgIpc) is 2.71. The highest BCUT2D eigenvalue weighted by Gasteiger charge is 2.25. The minimum absolute atomic E-state index is 0.0536. The fourth-order valence-electron chi connectivity index (χ4n) is 3.38. The molecule has 1 aliphatic heterocycles. The van der Waals surface area contributed by atoms with E-state index in [1.165, 1.54) is 22.5 Å². The van der Waals surface area contributed by atoms with Gasteiger partial charge in [-0.25, -0.2) is 17.2 Å². The maximum atomic E-state index is 13.4. The number of amides is 1. The quantitative estimate of drug-likeness (QED) is 0.774. The van der Waals surface area contributed by atoms with Gasteiger partial charge in [0, 0.05) is 13.1 Å². The number of rotatable bonds is 6. The van der Waals surface area contributed by atoms with Gasteiger partial charge in [-0.05, 0) is 55.2 Å². The van der Waals surface area contributed by atoms with E-state index in [0.717, 1.165) is 31.4 Å². The maximum absolute atomic E-state index is 13.4. The molecule has 1 fully saturated rings. The third kappa shape index (κ3) is 5.19. The van der Waals surface area contributed by atoms with E-state index >= 15 is 0 Å². The second-order valence-corrected chi connectivity index (χ2v) is 9.19. The summed E-state index contributed by atoms with van der Waals surface area (Å²) >= 11 is 0. The fraction of sp³-hybridized carbons (Fsp3) is 0.381. The first-order valence-corrected chi connectivity index (χ1v) is 11.0. The number of nitrogens with zero attached hydrogens (tertiary/aromatic N) is 1. The predicted octanol–water partition coefficient (Wildman–Crippen LogP) is 3.56. The molecule has 0 bridgehead atoms. The number of carbonyl (C=O) groups excluding carboxylic acids is 1. The van der Waals surface area contributed by atoms with E-state index in [2.05, 4.69) is 5.32 Å². The van der Waals surface area contributed by atoms with Crippen molar-refractivity contribution < 1.29 is 22.0 Å². The Balaban J connectivity index is 1.61. The molecular formula is C21H24F2N2O3S. The smallest absolute Gasteiger partial charge is 0.243 e. The van der Waals surface area contributed by atoms with Crippen molar-refractivity contribution in [1.29, 1.82) is 0 Å². The number of carbonyl (C=O) groups is 1. The van der Waals surface area contributed by atoms with Crippen LogP contribution in [-0.4, -0.2) is 31.7 Å². The van der Waals surface area contributed by atoms with E-state index in [-0.39, 0.29) is 17.2 Å². The molecule has 1 heterocycles. The number of hydrogen-bond acceptors (Lipinski definition) is 3. The summed E-state index contributed by atoms with van der Waals surface area (Å²) < 4.78 is 53.2. The van der Waals surface area contributed by atoms with Crippen LogP contribution in [0.2, 0.25) is 0 Å². The molecule has 0 aromatic heterocycles. The van der Waals surface area contributed by atoms with Gasteiger partial charge >= 0.3 is 0 Å². The van der Waals surface area contributed by atoms with Crippen LogP contribution in [0.25, 0.3) is 0 Å². The van der Waals surface area contributed by atoms with Gasteiger partial charge in [-0.3, -0.25) is 4.79 Å².